The van der Waals surface area contributed by atoms with Crippen LogP contribution in [-0.4, -0.2) is 43.0 Å². The molecule has 0 rings (SSSR count). The molecule has 0 fully saturated rings. The van der Waals surface area contributed by atoms with Gasteiger partial charge in [0.05, 0.1) is 0 Å². The van der Waals surface area contributed by atoms with Gasteiger partial charge in [0.15, 0.2) is 0 Å². The van der Waals surface area contributed by atoms with Gasteiger partial charge in [-0.25, -0.2) is 0 Å². The van der Waals surface area contributed by atoms with Crippen molar-refractivity contribution in [2.75, 3.05) is 26.2 Å². The fourth-order valence-electron chi connectivity index (χ4n) is 1.01. The molecular formula is C11H24CuN3. The molecule has 94 valence electrons. The molecule has 15 heavy (non-hydrogen) atoms. The zero-order valence-corrected chi connectivity index (χ0v) is 11.5. The maximum Gasteiger partial charge on any atom is 1.00 e. The summed E-state index contributed by atoms with van der Waals surface area (Å²) in [7, 11) is 0. The van der Waals surface area contributed by atoms with E-state index in [1.54, 1.807) is 6.34 Å². The van der Waals surface area contributed by atoms with Gasteiger partial charge in [0.1, 0.15) is 0 Å². The van der Waals surface area contributed by atoms with Gasteiger partial charge in [0, 0.05) is 0 Å². The Balaban J connectivity index is 0. The molecule has 0 aliphatic carbocycles. The summed E-state index contributed by atoms with van der Waals surface area (Å²) >= 11 is 0. The van der Waals surface area contributed by atoms with Crippen molar-refractivity contribution in [2.24, 2.45) is 4.99 Å². The van der Waals surface area contributed by atoms with Gasteiger partial charge in [-0.05, 0) is 31.7 Å². The Labute approximate surface area is 105 Å². The standard InChI is InChI=1S/C11H24N3.Cu/c1-6-14(7-2)9-8-12-10-13-11(3,4)5;/h10H,6-9H2,1-5H3;/q-1;+1. The molecule has 0 unspecified atom stereocenters. The third-order valence-corrected chi connectivity index (χ3v) is 1.97. The van der Waals surface area contributed by atoms with Gasteiger partial charge in [-0.2, -0.15) is 0 Å². The first kappa shape index (κ1) is 17.3. The van der Waals surface area contributed by atoms with E-state index in [9.17, 15) is 0 Å². The van der Waals surface area contributed by atoms with Crippen molar-refractivity contribution in [3.8, 4) is 0 Å². The van der Waals surface area contributed by atoms with E-state index in [4.69, 9.17) is 0 Å². The third kappa shape index (κ3) is 11.9. The van der Waals surface area contributed by atoms with E-state index < -0.39 is 0 Å². The molecule has 0 aromatic rings. The largest absolute Gasteiger partial charge is 1.00 e. The predicted molar refractivity (Wildman–Crippen MR) is 64.3 cm³/mol. The normalized spacial score (nSPS) is 11.9. The first-order chi connectivity index (χ1) is 6.49. The van der Waals surface area contributed by atoms with Crippen molar-refractivity contribution in [1.82, 2.24) is 4.90 Å². The summed E-state index contributed by atoms with van der Waals surface area (Å²) in [6.07, 6.45) is 1.70. The predicted octanol–water partition coefficient (Wildman–Crippen LogP) is 2.53. The third-order valence-electron chi connectivity index (χ3n) is 1.97. The molecule has 0 aliphatic heterocycles. The number of rotatable bonds is 6. The van der Waals surface area contributed by atoms with Gasteiger partial charge in [0.25, 0.3) is 0 Å². The Kier molecular flexibility index (Phi) is 10.6. The van der Waals surface area contributed by atoms with Gasteiger partial charge in [0.2, 0.25) is 0 Å². The number of hydrogen-bond acceptors (Lipinski definition) is 2. The van der Waals surface area contributed by atoms with Crippen LogP contribution in [0.1, 0.15) is 34.6 Å². The number of aliphatic imine (C=N–C) groups is 1. The molecule has 0 aromatic heterocycles. The van der Waals surface area contributed by atoms with Gasteiger partial charge in [-0.3, -0.25) is 0 Å². The summed E-state index contributed by atoms with van der Waals surface area (Å²) in [5, 5.41) is 4.26. The quantitative estimate of drug-likeness (QED) is 0.313. The van der Waals surface area contributed by atoms with Crippen LogP contribution in [0.2, 0.25) is 0 Å². The number of likely N-dealkylation sites (N-methyl/N-ethyl adjacent to an activating group) is 1. The second-order valence-electron chi connectivity index (χ2n) is 4.35. The second-order valence-corrected chi connectivity index (χ2v) is 4.35. The van der Waals surface area contributed by atoms with E-state index >= 15 is 0 Å². The topological polar surface area (TPSA) is 29.7 Å². The maximum absolute atomic E-state index is 4.29. The molecule has 0 saturated carbocycles. The van der Waals surface area contributed by atoms with E-state index in [2.05, 4.69) is 49.8 Å². The van der Waals surface area contributed by atoms with Gasteiger partial charge in [-0.15, -0.1) is 6.34 Å². The van der Waals surface area contributed by atoms with E-state index in [-0.39, 0.29) is 22.6 Å². The molecule has 0 aliphatic rings. The molecule has 0 amide bonds. The molecule has 0 saturated heterocycles. The molecular weight excluding hydrogens is 238 g/mol. The van der Waals surface area contributed by atoms with Crippen molar-refractivity contribution in [1.29, 1.82) is 0 Å². The summed E-state index contributed by atoms with van der Waals surface area (Å²) in [5.74, 6) is 0. The molecule has 0 radical (unpaired) electrons. The van der Waals surface area contributed by atoms with Crippen LogP contribution >= 0.6 is 0 Å². The summed E-state index contributed by atoms with van der Waals surface area (Å²) in [6, 6.07) is 0. The van der Waals surface area contributed by atoms with Crippen molar-refractivity contribution in [3.05, 3.63) is 5.32 Å². The Hall–Kier alpha value is -0.0505. The Bertz CT molecular complexity index is 160. The van der Waals surface area contributed by atoms with Crippen molar-refractivity contribution >= 4 is 6.34 Å². The minimum Gasteiger partial charge on any atom is -0.471 e. The number of nitrogens with zero attached hydrogens (tertiary/aromatic N) is 3. The zero-order chi connectivity index (χ0) is 11.0. The fourth-order valence-corrected chi connectivity index (χ4v) is 1.01. The molecule has 3 nitrogen and oxygen atoms in total. The van der Waals surface area contributed by atoms with Crippen LogP contribution in [-0.2, 0) is 17.1 Å². The van der Waals surface area contributed by atoms with Crippen LogP contribution in [0.3, 0.4) is 0 Å². The summed E-state index contributed by atoms with van der Waals surface area (Å²) in [6.45, 7) is 14.6. The summed E-state index contributed by atoms with van der Waals surface area (Å²) < 4.78 is 0. The molecule has 0 N–H and O–H groups in total. The molecule has 0 spiro atoms. The minimum absolute atomic E-state index is 0. The van der Waals surface area contributed by atoms with Crippen LogP contribution in [0.4, 0.5) is 0 Å². The molecule has 0 bridgehead atoms. The van der Waals surface area contributed by atoms with Crippen molar-refractivity contribution in [2.45, 2.75) is 40.2 Å². The Morgan fingerprint density at radius 1 is 1.20 bits per heavy atom. The molecule has 0 atom stereocenters. The van der Waals surface area contributed by atoms with Crippen LogP contribution in [0.25, 0.3) is 5.32 Å². The van der Waals surface area contributed by atoms with Gasteiger partial charge >= 0.3 is 17.1 Å². The first-order valence-electron chi connectivity index (χ1n) is 5.42. The fraction of sp³-hybridized carbons (Fsp3) is 0.909. The zero-order valence-electron chi connectivity index (χ0n) is 10.5. The van der Waals surface area contributed by atoms with E-state index in [1.165, 1.54) is 0 Å². The SMILES string of the molecule is CCN(CC)CC[N-]C=NC(C)(C)C.[Cu+]. The van der Waals surface area contributed by atoms with Crippen molar-refractivity contribution in [3.63, 3.8) is 0 Å². The van der Waals surface area contributed by atoms with Gasteiger partial charge in [-0.1, -0.05) is 34.6 Å². The minimum atomic E-state index is -0.00129. The Morgan fingerprint density at radius 2 is 1.73 bits per heavy atom. The van der Waals surface area contributed by atoms with E-state index in [0.717, 1.165) is 26.2 Å². The molecule has 0 aromatic carbocycles. The van der Waals surface area contributed by atoms with Crippen LogP contribution in [0, 0.1) is 0 Å². The van der Waals surface area contributed by atoms with E-state index in [1.807, 2.05) is 0 Å². The first-order valence-corrected chi connectivity index (χ1v) is 5.42. The van der Waals surface area contributed by atoms with Crippen LogP contribution < -0.4 is 0 Å². The average Bonchev–Trinajstić information content (AvgIpc) is 2.09. The number of hydrogen-bond donors (Lipinski definition) is 0. The smallest absolute Gasteiger partial charge is 0.471 e. The van der Waals surface area contributed by atoms with Crippen LogP contribution in [0.5, 0.6) is 0 Å². The summed E-state index contributed by atoms with van der Waals surface area (Å²) in [4.78, 5) is 6.65. The summed E-state index contributed by atoms with van der Waals surface area (Å²) in [5.41, 5.74) is -0.00129. The molecule has 4 heteroatoms. The average molecular weight is 262 g/mol. The maximum atomic E-state index is 4.29. The van der Waals surface area contributed by atoms with Crippen LogP contribution in [0.15, 0.2) is 4.99 Å². The second kappa shape index (κ2) is 9.20. The van der Waals surface area contributed by atoms with E-state index in [0.29, 0.717) is 0 Å². The van der Waals surface area contributed by atoms with Crippen molar-refractivity contribution < 1.29 is 17.1 Å². The van der Waals surface area contributed by atoms with Gasteiger partial charge < -0.3 is 15.2 Å². The monoisotopic (exact) mass is 261 g/mol. The molecule has 0 heterocycles. The Morgan fingerprint density at radius 3 is 2.13 bits per heavy atom.